The van der Waals surface area contributed by atoms with E-state index in [-0.39, 0.29) is 5.91 Å². The fraction of sp³-hybridized carbons (Fsp3) is 0.364. The molecule has 0 saturated carbocycles. The third kappa shape index (κ3) is 4.51. The molecule has 1 aromatic carbocycles. The third-order valence-electron chi connectivity index (χ3n) is 1.98. The summed E-state index contributed by atoms with van der Waals surface area (Å²) in [5, 5.41) is 6.49. The standard InChI is InChI=1S/C11H14BrClN2O/c1-2-14-6-5-11(16)15-10-7-8(13)3-4-9(10)12/h3-4,7,14H,2,5-6H2,1H3,(H,15,16). The second kappa shape index (κ2) is 6.89. The minimum absolute atomic E-state index is 0.0242. The largest absolute Gasteiger partial charge is 0.325 e. The van der Waals surface area contributed by atoms with E-state index in [4.69, 9.17) is 11.6 Å². The summed E-state index contributed by atoms with van der Waals surface area (Å²) in [5.41, 5.74) is 0.703. The van der Waals surface area contributed by atoms with Crippen LogP contribution in [0.1, 0.15) is 13.3 Å². The maximum absolute atomic E-state index is 11.5. The predicted molar refractivity (Wildman–Crippen MR) is 70.9 cm³/mol. The van der Waals surface area contributed by atoms with Gasteiger partial charge in [0.05, 0.1) is 5.69 Å². The second-order valence-corrected chi connectivity index (χ2v) is 4.57. The Balaban J connectivity index is 2.52. The van der Waals surface area contributed by atoms with Gasteiger partial charge in [-0.2, -0.15) is 0 Å². The van der Waals surface area contributed by atoms with Crippen LogP contribution in [0.15, 0.2) is 22.7 Å². The molecule has 0 fully saturated rings. The number of rotatable bonds is 5. The van der Waals surface area contributed by atoms with Crippen molar-refractivity contribution in [1.82, 2.24) is 5.32 Å². The zero-order valence-electron chi connectivity index (χ0n) is 9.02. The molecule has 1 amide bonds. The topological polar surface area (TPSA) is 41.1 Å². The molecule has 5 heteroatoms. The smallest absolute Gasteiger partial charge is 0.225 e. The van der Waals surface area contributed by atoms with E-state index in [1.54, 1.807) is 12.1 Å². The number of anilines is 1. The third-order valence-corrected chi connectivity index (χ3v) is 2.91. The summed E-state index contributed by atoms with van der Waals surface area (Å²) >= 11 is 9.19. The molecule has 2 N–H and O–H groups in total. The van der Waals surface area contributed by atoms with Gasteiger partial charge in [-0.3, -0.25) is 4.79 Å². The summed E-state index contributed by atoms with van der Waals surface area (Å²) < 4.78 is 0.828. The Kier molecular flexibility index (Phi) is 5.80. The van der Waals surface area contributed by atoms with Gasteiger partial charge in [0.15, 0.2) is 0 Å². The minimum Gasteiger partial charge on any atom is -0.325 e. The predicted octanol–water partition coefficient (Wildman–Crippen LogP) is 3.04. The molecule has 0 bridgehead atoms. The summed E-state index contributed by atoms with van der Waals surface area (Å²) in [7, 11) is 0. The first-order chi connectivity index (χ1) is 7.63. The maximum Gasteiger partial charge on any atom is 0.225 e. The van der Waals surface area contributed by atoms with Crippen LogP contribution >= 0.6 is 27.5 Å². The molecule has 0 saturated heterocycles. The van der Waals surface area contributed by atoms with E-state index in [1.807, 2.05) is 13.0 Å². The quantitative estimate of drug-likeness (QED) is 0.821. The summed E-state index contributed by atoms with van der Waals surface area (Å²) in [6.07, 6.45) is 0.451. The number of hydrogen-bond acceptors (Lipinski definition) is 2. The van der Waals surface area contributed by atoms with Crippen LogP contribution in [-0.4, -0.2) is 19.0 Å². The molecular formula is C11H14BrClN2O. The molecular weight excluding hydrogens is 291 g/mol. The highest BCUT2D eigenvalue weighted by molar-refractivity contribution is 9.10. The van der Waals surface area contributed by atoms with Gasteiger partial charge >= 0.3 is 0 Å². The summed E-state index contributed by atoms with van der Waals surface area (Å²) in [5.74, 6) is -0.0242. The first kappa shape index (κ1) is 13.5. The Morgan fingerprint density at radius 1 is 1.50 bits per heavy atom. The van der Waals surface area contributed by atoms with Crippen molar-refractivity contribution >= 4 is 39.1 Å². The van der Waals surface area contributed by atoms with Crippen LogP contribution in [0.25, 0.3) is 0 Å². The van der Waals surface area contributed by atoms with Crippen LogP contribution in [0, 0.1) is 0 Å². The zero-order valence-corrected chi connectivity index (χ0v) is 11.4. The second-order valence-electron chi connectivity index (χ2n) is 3.28. The summed E-state index contributed by atoms with van der Waals surface area (Å²) in [6, 6.07) is 5.29. The van der Waals surface area contributed by atoms with E-state index < -0.39 is 0 Å². The lowest BCUT2D eigenvalue weighted by Gasteiger charge is -2.07. The van der Waals surface area contributed by atoms with Gasteiger partial charge in [-0.15, -0.1) is 0 Å². The van der Waals surface area contributed by atoms with E-state index in [0.717, 1.165) is 11.0 Å². The SMILES string of the molecule is CCNCCC(=O)Nc1cc(Cl)ccc1Br. The van der Waals surface area contributed by atoms with Crippen molar-refractivity contribution in [2.75, 3.05) is 18.4 Å². The van der Waals surface area contributed by atoms with E-state index in [0.29, 0.717) is 23.7 Å². The maximum atomic E-state index is 11.5. The summed E-state index contributed by atoms with van der Waals surface area (Å²) in [6.45, 7) is 3.56. The molecule has 0 aliphatic carbocycles. The molecule has 0 atom stereocenters. The highest BCUT2D eigenvalue weighted by Gasteiger charge is 2.05. The van der Waals surface area contributed by atoms with Gasteiger partial charge in [-0.05, 0) is 40.7 Å². The number of amides is 1. The first-order valence-electron chi connectivity index (χ1n) is 5.09. The Morgan fingerprint density at radius 2 is 2.25 bits per heavy atom. The lowest BCUT2D eigenvalue weighted by Crippen LogP contribution is -2.21. The average Bonchev–Trinajstić information content (AvgIpc) is 2.24. The van der Waals surface area contributed by atoms with Crippen molar-refractivity contribution in [1.29, 1.82) is 0 Å². The average molecular weight is 306 g/mol. The van der Waals surface area contributed by atoms with Gasteiger partial charge in [0, 0.05) is 22.5 Å². The number of carbonyl (C=O) groups is 1. The molecule has 0 aliphatic rings. The van der Waals surface area contributed by atoms with Crippen LogP contribution < -0.4 is 10.6 Å². The first-order valence-corrected chi connectivity index (χ1v) is 6.26. The van der Waals surface area contributed by atoms with Gasteiger partial charge in [0.25, 0.3) is 0 Å². The number of carbonyl (C=O) groups excluding carboxylic acids is 1. The normalized spacial score (nSPS) is 10.2. The monoisotopic (exact) mass is 304 g/mol. The van der Waals surface area contributed by atoms with Gasteiger partial charge in [0.2, 0.25) is 5.91 Å². The van der Waals surface area contributed by atoms with E-state index in [2.05, 4.69) is 26.6 Å². The molecule has 0 aromatic heterocycles. The summed E-state index contributed by atoms with van der Waals surface area (Å²) in [4.78, 5) is 11.5. The van der Waals surface area contributed by atoms with Crippen LogP contribution in [0.2, 0.25) is 5.02 Å². The molecule has 0 radical (unpaired) electrons. The van der Waals surface area contributed by atoms with Crippen LogP contribution in [0.5, 0.6) is 0 Å². The van der Waals surface area contributed by atoms with Crippen molar-refractivity contribution in [3.8, 4) is 0 Å². The molecule has 0 spiro atoms. The molecule has 1 aromatic rings. The van der Waals surface area contributed by atoms with Crippen molar-refractivity contribution in [3.63, 3.8) is 0 Å². The Bertz CT molecular complexity index is 371. The van der Waals surface area contributed by atoms with Gasteiger partial charge < -0.3 is 10.6 Å². The van der Waals surface area contributed by atoms with Crippen LogP contribution in [-0.2, 0) is 4.79 Å². The Hall–Kier alpha value is -0.580. The Labute approximate surface area is 109 Å². The van der Waals surface area contributed by atoms with Gasteiger partial charge in [-0.25, -0.2) is 0 Å². The molecule has 3 nitrogen and oxygen atoms in total. The van der Waals surface area contributed by atoms with Crippen molar-refractivity contribution < 1.29 is 4.79 Å². The fourth-order valence-electron chi connectivity index (χ4n) is 1.18. The van der Waals surface area contributed by atoms with E-state index in [9.17, 15) is 4.79 Å². The highest BCUT2D eigenvalue weighted by Crippen LogP contribution is 2.25. The van der Waals surface area contributed by atoms with Gasteiger partial charge in [-0.1, -0.05) is 18.5 Å². The molecule has 0 aliphatic heterocycles. The molecule has 1 rings (SSSR count). The van der Waals surface area contributed by atoms with Crippen LogP contribution in [0.3, 0.4) is 0 Å². The number of benzene rings is 1. The Morgan fingerprint density at radius 3 is 2.94 bits per heavy atom. The van der Waals surface area contributed by atoms with Crippen LogP contribution in [0.4, 0.5) is 5.69 Å². The van der Waals surface area contributed by atoms with Crippen molar-refractivity contribution in [2.45, 2.75) is 13.3 Å². The minimum atomic E-state index is -0.0242. The number of halogens is 2. The zero-order chi connectivity index (χ0) is 12.0. The number of hydrogen-bond donors (Lipinski definition) is 2. The fourth-order valence-corrected chi connectivity index (χ4v) is 1.70. The molecule has 0 heterocycles. The molecule has 0 unspecified atom stereocenters. The molecule has 16 heavy (non-hydrogen) atoms. The lowest BCUT2D eigenvalue weighted by atomic mass is 10.3. The van der Waals surface area contributed by atoms with E-state index in [1.165, 1.54) is 0 Å². The van der Waals surface area contributed by atoms with Crippen molar-refractivity contribution in [2.24, 2.45) is 0 Å². The van der Waals surface area contributed by atoms with E-state index >= 15 is 0 Å². The van der Waals surface area contributed by atoms with Gasteiger partial charge in [0.1, 0.15) is 0 Å². The molecule has 88 valence electrons. The highest BCUT2D eigenvalue weighted by atomic mass is 79.9. The van der Waals surface area contributed by atoms with Crippen molar-refractivity contribution in [3.05, 3.63) is 27.7 Å². The lowest BCUT2D eigenvalue weighted by molar-refractivity contribution is -0.116. The number of nitrogens with one attached hydrogen (secondary N) is 2.